The first-order valence-corrected chi connectivity index (χ1v) is 8.30. The van der Waals surface area contributed by atoms with Crippen molar-refractivity contribution < 1.29 is 14.3 Å². The monoisotopic (exact) mass is 364 g/mol. The summed E-state index contributed by atoms with van der Waals surface area (Å²) in [6.45, 7) is 0.116. The molecule has 27 heavy (non-hydrogen) atoms. The number of ether oxygens (including phenoxy) is 1. The van der Waals surface area contributed by atoms with Crippen molar-refractivity contribution in [2.75, 3.05) is 18.5 Å². The maximum atomic E-state index is 13.2. The second-order valence-electron chi connectivity index (χ2n) is 5.91. The Morgan fingerprint density at radius 2 is 2.04 bits per heavy atom. The maximum Gasteiger partial charge on any atom is 0.262 e. The highest BCUT2D eigenvalue weighted by molar-refractivity contribution is 6.08. The molecule has 1 atom stereocenters. The van der Waals surface area contributed by atoms with Crippen LogP contribution in [-0.2, 0) is 4.79 Å². The summed E-state index contributed by atoms with van der Waals surface area (Å²) in [6, 6.07) is 14.1. The third-order valence-electron chi connectivity index (χ3n) is 4.26. The summed E-state index contributed by atoms with van der Waals surface area (Å²) in [5.74, 6) is -0.0401. The average Bonchev–Trinajstić information content (AvgIpc) is 3.27. The maximum absolute atomic E-state index is 13.2. The third kappa shape index (κ3) is 3.10. The molecule has 9 heteroatoms. The van der Waals surface area contributed by atoms with E-state index in [1.54, 1.807) is 47.4 Å². The predicted octanol–water partition coefficient (Wildman–Crippen LogP) is 0.816. The lowest BCUT2D eigenvalue weighted by atomic mass is 10.1. The van der Waals surface area contributed by atoms with E-state index in [4.69, 9.17) is 4.74 Å². The molecule has 0 saturated heterocycles. The summed E-state index contributed by atoms with van der Waals surface area (Å²) in [5, 5.41) is 13.6. The summed E-state index contributed by atoms with van der Waals surface area (Å²) in [4.78, 5) is 26.9. The van der Waals surface area contributed by atoms with E-state index < -0.39 is 6.10 Å². The van der Waals surface area contributed by atoms with Crippen LogP contribution in [0.4, 0.5) is 5.69 Å². The highest BCUT2D eigenvalue weighted by Gasteiger charge is 2.33. The number of benzene rings is 2. The van der Waals surface area contributed by atoms with Crippen LogP contribution in [0.1, 0.15) is 10.4 Å². The van der Waals surface area contributed by atoms with Gasteiger partial charge in [-0.25, -0.2) is 4.68 Å². The molecule has 2 amide bonds. The van der Waals surface area contributed by atoms with E-state index in [1.807, 2.05) is 6.07 Å². The minimum Gasteiger partial charge on any atom is -0.477 e. The number of anilines is 1. The lowest BCUT2D eigenvalue weighted by Gasteiger charge is -2.34. The number of rotatable bonds is 3. The molecule has 9 nitrogen and oxygen atoms in total. The quantitative estimate of drug-likeness (QED) is 0.738. The Kier molecular flexibility index (Phi) is 4.25. The summed E-state index contributed by atoms with van der Waals surface area (Å²) in [7, 11) is 1.54. The van der Waals surface area contributed by atoms with E-state index in [2.05, 4.69) is 20.8 Å². The van der Waals surface area contributed by atoms with E-state index in [9.17, 15) is 9.59 Å². The molecular formula is C18H16N6O3. The van der Waals surface area contributed by atoms with Crippen molar-refractivity contribution in [1.82, 2.24) is 25.5 Å². The van der Waals surface area contributed by atoms with E-state index in [1.165, 1.54) is 18.1 Å². The number of hydrogen-bond donors (Lipinski definition) is 1. The number of nitrogens with one attached hydrogen (secondary N) is 1. The van der Waals surface area contributed by atoms with Crippen molar-refractivity contribution in [1.29, 1.82) is 0 Å². The number of aromatic nitrogens is 4. The van der Waals surface area contributed by atoms with Gasteiger partial charge in [-0.05, 0) is 40.8 Å². The number of tetrazole rings is 1. The summed E-state index contributed by atoms with van der Waals surface area (Å²) in [5.41, 5.74) is 1.74. The van der Waals surface area contributed by atoms with Gasteiger partial charge in [-0.3, -0.25) is 9.59 Å². The standard InChI is InChI=1S/C18H16N6O3/c1-19-17(25)16-10-23(14-7-2-3-8-15(14)27-16)18(26)12-5-4-6-13(9-12)24-11-20-21-22-24/h2-9,11,16H,10H2,1H3,(H,19,25)/t16-/m0/s1. The largest absolute Gasteiger partial charge is 0.477 e. The first kappa shape index (κ1) is 16.7. The molecule has 3 aromatic rings. The number of nitrogens with zero attached hydrogens (tertiary/aromatic N) is 5. The van der Waals surface area contributed by atoms with Gasteiger partial charge in [0.2, 0.25) is 0 Å². The third-order valence-corrected chi connectivity index (χ3v) is 4.26. The minimum atomic E-state index is -0.781. The zero-order valence-corrected chi connectivity index (χ0v) is 14.4. The molecule has 2 aromatic carbocycles. The van der Waals surface area contributed by atoms with Crippen molar-refractivity contribution in [2.24, 2.45) is 0 Å². The van der Waals surface area contributed by atoms with Gasteiger partial charge in [0.1, 0.15) is 12.1 Å². The van der Waals surface area contributed by atoms with E-state index in [0.717, 1.165) is 0 Å². The molecular weight excluding hydrogens is 348 g/mol. The van der Waals surface area contributed by atoms with Crippen molar-refractivity contribution in [3.8, 4) is 11.4 Å². The number of fused-ring (bicyclic) bond motifs is 1. The Labute approximate surface area is 154 Å². The lowest BCUT2D eigenvalue weighted by Crippen LogP contribution is -2.50. The summed E-state index contributed by atoms with van der Waals surface area (Å²) in [6.07, 6.45) is 0.673. The zero-order valence-electron chi connectivity index (χ0n) is 14.4. The van der Waals surface area contributed by atoms with Crippen molar-refractivity contribution in [2.45, 2.75) is 6.10 Å². The molecule has 136 valence electrons. The molecule has 4 rings (SSSR count). The predicted molar refractivity (Wildman–Crippen MR) is 95.8 cm³/mol. The molecule has 0 fully saturated rings. The van der Waals surface area contributed by atoms with Gasteiger partial charge < -0.3 is 15.0 Å². The van der Waals surface area contributed by atoms with Crippen LogP contribution in [0.2, 0.25) is 0 Å². The highest BCUT2D eigenvalue weighted by Crippen LogP contribution is 2.34. The fourth-order valence-corrected chi connectivity index (χ4v) is 2.94. The van der Waals surface area contributed by atoms with E-state index >= 15 is 0 Å². The Balaban J connectivity index is 1.70. The van der Waals surface area contributed by atoms with Gasteiger partial charge >= 0.3 is 0 Å². The van der Waals surface area contributed by atoms with Crippen molar-refractivity contribution in [3.63, 3.8) is 0 Å². The van der Waals surface area contributed by atoms with Crippen LogP contribution >= 0.6 is 0 Å². The number of hydrogen-bond acceptors (Lipinski definition) is 6. The highest BCUT2D eigenvalue weighted by atomic mass is 16.5. The first-order chi connectivity index (χ1) is 13.2. The Morgan fingerprint density at radius 3 is 2.81 bits per heavy atom. The van der Waals surface area contributed by atoms with E-state index in [-0.39, 0.29) is 18.4 Å². The molecule has 0 aliphatic carbocycles. The summed E-state index contributed by atoms with van der Waals surface area (Å²) < 4.78 is 7.22. The number of carbonyl (C=O) groups is 2. The molecule has 2 heterocycles. The molecule has 0 unspecified atom stereocenters. The fourth-order valence-electron chi connectivity index (χ4n) is 2.94. The van der Waals surface area contributed by atoms with Crippen LogP contribution in [-0.4, -0.2) is 51.7 Å². The van der Waals surface area contributed by atoms with Crippen LogP contribution in [0, 0.1) is 0 Å². The van der Waals surface area contributed by atoms with Gasteiger partial charge in [0.15, 0.2) is 6.10 Å². The lowest BCUT2D eigenvalue weighted by molar-refractivity contribution is -0.127. The van der Waals surface area contributed by atoms with Crippen molar-refractivity contribution >= 4 is 17.5 Å². The van der Waals surface area contributed by atoms with E-state index in [0.29, 0.717) is 22.7 Å². The SMILES string of the molecule is CNC(=O)[C@@H]1CN(C(=O)c2cccc(-n3cnnn3)c2)c2ccccc2O1. The molecule has 1 N–H and O–H groups in total. The normalized spacial score (nSPS) is 15.6. The van der Waals surface area contributed by atoms with Gasteiger partial charge in [-0.2, -0.15) is 0 Å². The van der Waals surface area contributed by atoms with Crippen LogP contribution in [0.3, 0.4) is 0 Å². The van der Waals surface area contributed by atoms with Gasteiger partial charge in [0.05, 0.1) is 17.9 Å². The molecule has 0 spiro atoms. The van der Waals surface area contributed by atoms with Gasteiger partial charge in [-0.15, -0.1) is 5.10 Å². The van der Waals surface area contributed by atoms with Gasteiger partial charge in [-0.1, -0.05) is 18.2 Å². The molecule has 0 saturated carbocycles. The van der Waals surface area contributed by atoms with Gasteiger partial charge in [0, 0.05) is 12.6 Å². The van der Waals surface area contributed by atoms with Crippen LogP contribution in [0.25, 0.3) is 5.69 Å². The molecule has 1 aliphatic rings. The number of amides is 2. The Hall–Kier alpha value is -3.75. The first-order valence-electron chi connectivity index (χ1n) is 8.30. The zero-order chi connectivity index (χ0) is 18.8. The molecule has 0 radical (unpaired) electrons. The average molecular weight is 364 g/mol. The van der Waals surface area contributed by atoms with Crippen LogP contribution < -0.4 is 15.0 Å². The number of carbonyl (C=O) groups excluding carboxylic acids is 2. The summed E-state index contributed by atoms with van der Waals surface area (Å²) >= 11 is 0. The number of para-hydroxylation sites is 2. The second-order valence-corrected chi connectivity index (χ2v) is 5.91. The molecule has 0 bridgehead atoms. The number of likely N-dealkylation sites (N-methyl/N-ethyl adjacent to an activating group) is 1. The topological polar surface area (TPSA) is 102 Å². The Morgan fingerprint density at radius 1 is 1.19 bits per heavy atom. The molecule has 1 aromatic heterocycles. The fraction of sp³-hybridized carbons (Fsp3) is 0.167. The Bertz CT molecular complexity index is 988. The van der Waals surface area contributed by atoms with Crippen LogP contribution in [0.5, 0.6) is 5.75 Å². The van der Waals surface area contributed by atoms with Crippen LogP contribution in [0.15, 0.2) is 54.9 Å². The second kappa shape index (κ2) is 6.87. The van der Waals surface area contributed by atoms with Crippen molar-refractivity contribution in [3.05, 3.63) is 60.4 Å². The smallest absolute Gasteiger partial charge is 0.262 e. The molecule has 1 aliphatic heterocycles. The van der Waals surface area contributed by atoms with Gasteiger partial charge in [0.25, 0.3) is 11.8 Å². The minimum absolute atomic E-state index is 0.116.